The van der Waals surface area contributed by atoms with Gasteiger partial charge in [0.15, 0.2) is 0 Å². The number of rotatable bonds is 4. The van der Waals surface area contributed by atoms with Crippen molar-refractivity contribution >= 4 is 5.91 Å². The van der Waals surface area contributed by atoms with Crippen LogP contribution in [0.1, 0.15) is 62.0 Å². The zero-order valence-electron chi connectivity index (χ0n) is 14.5. The molecule has 126 valence electrons. The largest absolute Gasteiger partial charge is 0.342 e. The summed E-state index contributed by atoms with van der Waals surface area (Å²) in [5.74, 6) is 1.17. The summed E-state index contributed by atoms with van der Waals surface area (Å²) in [6, 6.07) is 9.42. The Morgan fingerprint density at radius 2 is 1.83 bits per heavy atom. The Morgan fingerprint density at radius 1 is 1.13 bits per heavy atom. The lowest BCUT2D eigenvalue weighted by Crippen LogP contribution is -2.40. The van der Waals surface area contributed by atoms with Gasteiger partial charge in [-0.3, -0.25) is 4.79 Å². The van der Waals surface area contributed by atoms with Gasteiger partial charge < -0.3 is 10.6 Å². The standard InChI is InChI=1S/C20H30N2O/c1-14-9-11-15(12-10-14)17-6-4-8-19(17)22(2)20(23)13-16-5-3-7-18(16)21/h9-12,16-19H,3-8,13,21H2,1-2H3/t16-,17?,18+,19?/m0/s1. The summed E-state index contributed by atoms with van der Waals surface area (Å²) in [5, 5.41) is 0. The summed E-state index contributed by atoms with van der Waals surface area (Å²) in [6.45, 7) is 2.12. The second-order valence-corrected chi connectivity index (χ2v) is 7.58. The lowest BCUT2D eigenvalue weighted by Gasteiger charge is -2.31. The molecule has 2 N–H and O–H groups in total. The molecular weight excluding hydrogens is 284 g/mol. The third kappa shape index (κ3) is 3.60. The molecule has 2 aliphatic carbocycles. The second-order valence-electron chi connectivity index (χ2n) is 7.58. The number of hydrogen-bond acceptors (Lipinski definition) is 2. The van der Waals surface area contributed by atoms with E-state index in [4.69, 9.17) is 5.73 Å². The van der Waals surface area contributed by atoms with Crippen LogP contribution in [-0.4, -0.2) is 29.9 Å². The highest BCUT2D eigenvalue weighted by atomic mass is 16.2. The first-order valence-corrected chi connectivity index (χ1v) is 9.14. The first-order valence-electron chi connectivity index (χ1n) is 9.14. The quantitative estimate of drug-likeness (QED) is 0.923. The van der Waals surface area contributed by atoms with Gasteiger partial charge in [-0.15, -0.1) is 0 Å². The van der Waals surface area contributed by atoms with Crippen LogP contribution in [0, 0.1) is 12.8 Å². The van der Waals surface area contributed by atoms with Gasteiger partial charge in [0.25, 0.3) is 0 Å². The fraction of sp³-hybridized carbons (Fsp3) is 0.650. The Kier molecular flexibility index (Phi) is 5.05. The second kappa shape index (κ2) is 7.04. The van der Waals surface area contributed by atoms with Crippen molar-refractivity contribution in [3.63, 3.8) is 0 Å². The van der Waals surface area contributed by atoms with E-state index in [0.717, 1.165) is 19.3 Å². The summed E-state index contributed by atoms with van der Waals surface area (Å²) in [5.41, 5.74) is 8.82. The monoisotopic (exact) mass is 314 g/mol. The van der Waals surface area contributed by atoms with Crippen molar-refractivity contribution in [3.8, 4) is 0 Å². The Morgan fingerprint density at radius 3 is 2.48 bits per heavy atom. The van der Waals surface area contributed by atoms with Crippen molar-refractivity contribution in [2.45, 2.75) is 69.9 Å². The van der Waals surface area contributed by atoms with Gasteiger partial charge in [-0.05, 0) is 44.1 Å². The van der Waals surface area contributed by atoms with E-state index in [1.165, 1.54) is 30.4 Å². The molecule has 2 unspecified atom stereocenters. The molecule has 3 heteroatoms. The van der Waals surface area contributed by atoms with Crippen LogP contribution >= 0.6 is 0 Å². The molecule has 0 bridgehead atoms. The van der Waals surface area contributed by atoms with Crippen LogP contribution in [0.2, 0.25) is 0 Å². The van der Waals surface area contributed by atoms with Crippen molar-refractivity contribution in [1.82, 2.24) is 4.90 Å². The number of likely N-dealkylation sites (N-methyl/N-ethyl adjacent to an activating group) is 1. The Bertz CT molecular complexity index is 539. The SMILES string of the molecule is Cc1ccc(C2CCCC2N(C)C(=O)C[C@@H]2CCC[C@H]2N)cc1. The Labute approximate surface area is 140 Å². The maximum Gasteiger partial charge on any atom is 0.222 e. The fourth-order valence-electron chi connectivity index (χ4n) is 4.48. The van der Waals surface area contributed by atoms with Gasteiger partial charge in [-0.25, -0.2) is 0 Å². The highest BCUT2D eigenvalue weighted by molar-refractivity contribution is 5.76. The third-order valence-electron chi connectivity index (χ3n) is 6.03. The average molecular weight is 314 g/mol. The zero-order valence-corrected chi connectivity index (χ0v) is 14.5. The Balaban J connectivity index is 1.66. The van der Waals surface area contributed by atoms with Gasteiger partial charge in [0, 0.05) is 31.5 Å². The maximum absolute atomic E-state index is 12.7. The highest BCUT2D eigenvalue weighted by Crippen LogP contribution is 2.38. The van der Waals surface area contributed by atoms with E-state index in [9.17, 15) is 4.79 Å². The van der Waals surface area contributed by atoms with Crippen LogP contribution in [0.3, 0.4) is 0 Å². The molecule has 1 aromatic carbocycles. The third-order valence-corrected chi connectivity index (χ3v) is 6.03. The molecule has 3 nitrogen and oxygen atoms in total. The Hall–Kier alpha value is -1.35. The van der Waals surface area contributed by atoms with Crippen LogP contribution in [0.5, 0.6) is 0 Å². The van der Waals surface area contributed by atoms with E-state index in [1.807, 2.05) is 11.9 Å². The van der Waals surface area contributed by atoms with Crippen molar-refractivity contribution in [2.75, 3.05) is 7.05 Å². The normalized spacial score (nSPS) is 30.6. The molecule has 2 saturated carbocycles. The minimum Gasteiger partial charge on any atom is -0.342 e. The van der Waals surface area contributed by atoms with Gasteiger partial charge in [-0.1, -0.05) is 42.7 Å². The molecule has 0 spiro atoms. The predicted octanol–water partition coefficient (Wildman–Crippen LogP) is 3.61. The number of amides is 1. The molecular formula is C20H30N2O. The first-order chi connectivity index (χ1) is 11.1. The van der Waals surface area contributed by atoms with Crippen LogP contribution in [0.25, 0.3) is 0 Å². The van der Waals surface area contributed by atoms with Crippen LogP contribution in [0.15, 0.2) is 24.3 Å². The van der Waals surface area contributed by atoms with E-state index in [-0.39, 0.29) is 11.9 Å². The average Bonchev–Trinajstić information content (AvgIpc) is 3.17. The van der Waals surface area contributed by atoms with Crippen molar-refractivity contribution in [3.05, 3.63) is 35.4 Å². The van der Waals surface area contributed by atoms with Crippen LogP contribution in [-0.2, 0) is 4.79 Å². The summed E-state index contributed by atoms with van der Waals surface area (Å²) in [6.07, 6.45) is 7.53. The number of nitrogens with zero attached hydrogens (tertiary/aromatic N) is 1. The number of nitrogens with two attached hydrogens (primary N) is 1. The summed E-state index contributed by atoms with van der Waals surface area (Å²) in [7, 11) is 2.00. The molecule has 0 radical (unpaired) electrons. The molecule has 1 amide bonds. The predicted molar refractivity (Wildman–Crippen MR) is 94.3 cm³/mol. The lowest BCUT2D eigenvalue weighted by molar-refractivity contribution is -0.133. The molecule has 0 heterocycles. The fourth-order valence-corrected chi connectivity index (χ4v) is 4.48. The van der Waals surface area contributed by atoms with Gasteiger partial charge >= 0.3 is 0 Å². The molecule has 3 rings (SSSR count). The van der Waals surface area contributed by atoms with Crippen LogP contribution < -0.4 is 5.73 Å². The van der Waals surface area contributed by atoms with E-state index < -0.39 is 0 Å². The number of aryl methyl sites for hydroxylation is 1. The lowest BCUT2D eigenvalue weighted by atomic mass is 9.92. The van der Waals surface area contributed by atoms with E-state index >= 15 is 0 Å². The molecule has 0 saturated heterocycles. The van der Waals surface area contributed by atoms with Gasteiger partial charge in [-0.2, -0.15) is 0 Å². The maximum atomic E-state index is 12.7. The minimum absolute atomic E-state index is 0.226. The number of carbonyl (C=O) groups is 1. The van der Waals surface area contributed by atoms with Crippen molar-refractivity contribution < 1.29 is 4.79 Å². The first kappa shape index (κ1) is 16.5. The number of hydrogen-bond donors (Lipinski definition) is 1. The highest BCUT2D eigenvalue weighted by Gasteiger charge is 2.35. The van der Waals surface area contributed by atoms with Gasteiger partial charge in [0.1, 0.15) is 0 Å². The van der Waals surface area contributed by atoms with Crippen molar-refractivity contribution in [1.29, 1.82) is 0 Å². The molecule has 0 aliphatic heterocycles. The summed E-state index contributed by atoms with van der Waals surface area (Å²) < 4.78 is 0. The smallest absolute Gasteiger partial charge is 0.222 e. The molecule has 2 aliphatic rings. The summed E-state index contributed by atoms with van der Waals surface area (Å²) in [4.78, 5) is 14.8. The zero-order chi connectivity index (χ0) is 16.4. The number of benzene rings is 1. The van der Waals surface area contributed by atoms with E-state index in [1.54, 1.807) is 0 Å². The summed E-state index contributed by atoms with van der Waals surface area (Å²) >= 11 is 0. The number of carbonyl (C=O) groups excluding carboxylic acids is 1. The van der Waals surface area contributed by atoms with E-state index in [2.05, 4.69) is 31.2 Å². The molecule has 0 aromatic heterocycles. The topological polar surface area (TPSA) is 46.3 Å². The minimum atomic E-state index is 0.226. The molecule has 23 heavy (non-hydrogen) atoms. The van der Waals surface area contributed by atoms with Crippen molar-refractivity contribution in [2.24, 2.45) is 11.7 Å². The van der Waals surface area contributed by atoms with E-state index in [0.29, 0.717) is 24.3 Å². The van der Waals surface area contributed by atoms with Crippen LogP contribution in [0.4, 0.5) is 0 Å². The molecule has 2 fully saturated rings. The molecule has 1 aromatic rings. The van der Waals surface area contributed by atoms with Gasteiger partial charge in [0.05, 0.1) is 0 Å². The molecule has 4 atom stereocenters. The van der Waals surface area contributed by atoms with Gasteiger partial charge in [0.2, 0.25) is 5.91 Å².